The van der Waals surface area contributed by atoms with Gasteiger partial charge in [0.1, 0.15) is 5.52 Å². The highest BCUT2D eigenvalue weighted by atomic mass is 35.5. The van der Waals surface area contributed by atoms with Crippen LogP contribution in [0.15, 0.2) is 71.1 Å². The molecule has 3 aromatic carbocycles. The van der Waals surface area contributed by atoms with E-state index in [0.29, 0.717) is 22.2 Å². The summed E-state index contributed by atoms with van der Waals surface area (Å²) in [7, 11) is 0. The predicted octanol–water partition coefficient (Wildman–Crippen LogP) is 5.32. The van der Waals surface area contributed by atoms with Crippen LogP contribution in [0.25, 0.3) is 22.6 Å². The quantitative estimate of drug-likeness (QED) is 0.516. The number of nitrogens with two attached hydrogens (primary N) is 1. The van der Waals surface area contributed by atoms with Crippen molar-refractivity contribution < 1.29 is 4.42 Å². The maximum Gasteiger partial charge on any atom is 0.228 e. The number of nitrogens with zero attached hydrogens (tertiary/aromatic N) is 1. The zero-order valence-electron chi connectivity index (χ0n) is 12.9. The molecule has 4 aromatic rings. The number of para-hydroxylation sites is 1. The van der Waals surface area contributed by atoms with Gasteiger partial charge in [0.05, 0.1) is 10.6 Å². The Morgan fingerprint density at radius 3 is 2.62 bits per heavy atom. The maximum absolute atomic E-state index is 6.27. The van der Waals surface area contributed by atoms with Gasteiger partial charge in [0.15, 0.2) is 5.58 Å². The second kappa shape index (κ2) is 6.02. The summed E-state index contributed by atoms with van der Waals surface area (Å²) >= 11 is 6.27. The third kappa shape index (κ3) is 2.74. The minimum absolute atomic E-state index is 0.489. The molecule has 0 aliphatic carbocycles. The molecule has 0 saturated heterocycles. The van der Waals surface area contributed by atoms with Gasteiger partial charge in [-0.1, -0.05) is 54.1 Å². The number of nitrogen functional groups attached to an aromatic ring is 1. The molecule has 0 aliphatic rings. The van der Waals surface area contributed by atoms with E-state index in [1.807, 2.05) is 30.3 Å². The third-order valence-corrected chi connectivity index (χ3v) is 4.28. The van der Waals surface area contributed by atoms with E-state index in [1.54, 1.807) is 18.2 Å². The average Bonchev–Trinajstić information content (AvgIpc) is 3.03. The normalized spacial score (nSPS) is 11.0. The Morgan fingerprint density at radius 2 is 1.79 bits per heavy atom. The van der Waals surface area contributed by atoms with Crippen LogP contribution in [0.5, 0.6) is 0 Å². The number of anilines is 1. The predicted molar refractivity (Wildman–Crippen MR) is 98.1 cm³/mol. The molecule has 3 nitrogen and oxygen atoms in total. The van der Waals surface area contributed by atoms with Gasteiger partial charge >= 0.3 is 0 Å². The summed E-state index contributed by atoms with van der Waals surface area (Å²) in [5, 5.41) is 0.570. The molecule has 0 atom stereocenters. The second-order valence-corrected chi connectivity index (χ2v) is 6.09. The number of hydrogen-bond acceptors (Lipinski definition) is 3. The fourth-order valence-corrected chi connectivity index (χ4v) is 2.98. The minimum Gasteiger partial charge on any atom is -0.436 e. The highest BCUT2D eigenvalue weighted by Gasteiger charge is 2.14. The van der Waals surface area contributed by atoms with E-state index in [1.165, 1.54) is 5.56 Å². The van der Waals surface area contributed by atoms with Crippen LogP contribution in [-0.2, 0) is 6.42 Å². The highest BCUT2D eigenvalue weighted by Crippen LogP contribution is 2.33. The van der Waals surface area contributed by atoms with Gasteiger partial charge in [-0.15, -0.1) is 0 Å². The first-order chi connectivity index (χ1) is 11.7. The topological polar surface area (TPSA) is 52.0 Å². The smallest absolute Gasteiger partial charge is 0.228 e. The monoisotopic (exact) mass is 334 g/mol. The number of aromatic nitrogens is 1. The summed E-state index contributed by atoms with van der Waals surface area (Å²) in [4.78, 5) is 4.58. The van der Waals surface area contributed by atoms with Crippen LogP contribution in [0.4, 0.5) is 5.69 Å². The van der Waals surface area contributed by atoms with E-state index in [-0.39, 0.29) is 0 Å². The molecular formula is C20H15ClN2O. The largest absolute Gasteiger partial charge is 0.436 e. The van der Waals surface area contributed by atoms with Gasteiger partial charge in [-0.25, -0.2) is 4.98 Å². The number of hydrogen-bond donors (Lipinski definition) is 1. The third-order valence-electron chi connectivity index (χ3n) is 3.95. The first-order valence-corrected chi connectivity index (χ1v) is 8.06. The molecule has 0 fully saturated rings. The van der Waals surface area contributed by atoms with Crippen molar-refractivity contribution in [1.82, 2.24) is 4.98 Å². The Bertz CT molecular complexity index is 1010. The minimum atomic E-state index is 0.489. The molecule has 1 aromatic heterocycles. The van der Waals surface area contributed by atoms with Gasteiger partial charge in [-0.05, 0) is 29.8 Å². The van der Waals surface area contributed by atoms with Crippen molar-refractivity contribution in [2.24, 2.45) is 0 Å². The molecular weight excluding hydrogens is 320 g/mol. The van der Waals surface area contributed by atoms with Crippen molar-refractivity contribution >= 4 is 28.4 Å². The van der Waals surface area contributed by atoms with E-state index in [2.05, 4.69) is 23.2 Å². The van der Waals surface area contributed by atoms with Gasteiger partial charge in [0, 0.05) is 17.7 Å². The molecule has 0 amide bonds. The van der Waals surface area contributed by atoms with Crippen molar-refractivity contribution in [2.45, 2.75) is 6.42 Å². The Balaban J connectivity index is 1.81. The van der Waals surface area contributed by atoms with E-state index in [4.69, 9.17) is 21.8 Å². The Morgan fingerprint density at radius 1 is 0.958 bits per heavy atom. The second-order valence-electron chi connectivity index (χ2n) is 5.69. The molecule has 0 unspecified atom stereocenters. The van der Waals surface area contributed by atoms with Crippen LogP contribution in [0.3, 0.4) is 0 Å². The average molecular weight is 335 g/mol. The lowest BCUT2D eigenvalue weighted by atomic mass is 10.0. The number of halogens is 1. The van der Waals surface area contributed by atoms with Crippen molar-refractivity contribution in [2.75, 3.05) is 5.73 Å². The molecule has 0 bridgehead atoms. The van der Waals surface area contributed by atoms with Gasteiger partial charge < -0.3 is 10.2 Å². The molecule has 1 heterocycles. The highest BCUT2D eigenvalue weighted by molar-refractivity contribution is 6.33. The van der Waals surface area contributed by atoms with Crippen LogP contribution in [0.2, 0.25) is 5.02 Å². The van der Waals surface area contributed by atoms with Gasteiger partial charge in [0.25, 0.3) is 0 Å². The number of benzene rings is 3. The van der Waals surface area contributed by atoms with Gasteiger partial charge in [0.2, 0.25) is 5.89 Å². The van der Waals surface area contributed by atoms with E-state index >= 15 is 0 Å². The lowest BCUT2D eigenvalue weighted by molar-refractivity contribution is 0.616. The van der Waals surface area contributed by atoms with Crippen molar-refractivity contribution in [1.29, 1.82) is 0 Å². The number of oxazole rings is 1. The Kier molecular flexibility index (Phi) is 3.71. The lowest BCUT2D eigenvalue weighted by Gasteiger charge is -2.02. The van der Waals surface area contributed by atoms with Crippen LogP contribution in [0.1, 0.15) is 11.1 Å². The van der Waals surface area contributed by atoms with E-state index in [0.717, 1.165) is 23.1 Å². The zero-order chi connectivity index (χ0) is 16.5. The van der Waals surface area contributed by atoms with Gasteiger partial charge in [-0.3, -0.25) is 0 Å². The van der Waals surface area contributed by atoms with Crippen LogP contribution in [0, 0.1) is 0 Å². The summed E-state index contributed by atoms with van der Waals surface area (Å²) in [6.45, 7) is 0. The fraction of sp³-hybridized carbons (Fsp3) is 0.0500. The summed E-state index contributed by atoms with van der Waals surface area (Å²) in [5.41, 5.74) is 11.1. The van der Waals surface area contributed by atoms with E-state index < -0.39 is 0 Å². The van der Waals surface area contributed by atoms with Crippen LogP contribution in [-0.4, -0.2) is 4.98 Å². The number of rotatable bonds is 3. The molecule has 0 aliphatic heterocycles. The molecule has 0 radical (unpaired) electrons. The van der Waals surface area contributed by atoms with E-state index in [9.17, 15) is 0 Å². The number of fused-ring (bicyclic) bond motifs is 1. The summed E-state index contributed by atoms with van der Waals surface area (Å²) in [6.07, 6.45) is 0.789. The first kappa shape index (κ1) is 14.8. The maximum atomic E-state index is 6.27. The summed E-state index contributed by atoms with van der Waals surface area (Å²) < 4.78 is 6.04. The Labute approximate surface area is 144 Å². The van der Waals surface area contributed by atoms with Crippen LogP contribution < -0.4 is 5.73 Å². The SMILES string of the molecule is Nc1ccc(Cl)c(-c2nc3cccc(Cc4ccccc4)c3o2)c1. The molecule has 0 saturated carbocycles. The molecule has 2 N–H and O–H groups in total. The molecule has 118 valence electrons. The van der Waals surface area contributed by atoms with Crippen molar-refractivity contribution in [3.63, 3.8) is 0 Å². The van der Waals surface area contributed by atoms with Crippen LogP contribution >= 0.6 is 11.6 Å². The fourth-order valence-electron chi connectivity index (χ4n) is 2.78. The molecule has 24 heavy (non-hydrogen) atoms. The molecule has 0 spiro atoms. The van der Waals surface area contributed by atoms with Gasteiger partial charge in [-0.2, -0.15) is 0 Å². The standard InChI is InChI=1S/C20H15ClN2O/c21-17-10-9-15(22)12-16(17)20-23-18-8-4-7-14(19(18)24-20)11-13-5-2-1-3-6-13/h1-10,12H,11,22H2. The summed E-state index contributed by atoms with van der Waals surface area (Å²) in [5.74, 6) is 0.489. The zero-order valence-corrected chi connectivity index (χ0v) is 13.6. The molecule has 4 rings (SSSR count). The summed E-state index contributed by atoms with van der Waals surface area (Å²) in [6, 6.07) is 21.6. The van der Waals surface area contributed by atoms with Crippen molar-refractivity contribution in [3.8, 4) is 11.5 Å². The lowest BCUT2D eigenvalue weighted by Crippen LogP contribution is -1.87. The molecule has 4 heteroatoms. The van der Waals surface area contributed by atoms with Crippen molar-refractivity contribution in [3.05, 3.63) is 82.9 Å². The first-order valence-electron chi connectivity index (χ1n) is 7.68. The Hall–Kier alpha value is -2.78.